The molecular weight excluding hydrogens is 334 g/mol. The molecule has 8 heteroatoms. The smallest absolute Gasteiger partial charge is 0.339 e. The van der Waals surface area contributed by atoms with Gasteiger partial charge in [0.15, 0.2) is 0 Å². The van der Waals surface area contributed by atoms with E-state index >= 15 is 0 Å². The Morgan fingerprint density at radius 1 is 1.46 bits per heavy atom. The van der Waals surface area contributed by atoms with E-state index in [1.807, 2.05) is 6.07 Å². The number of nitrogens with one attached hydrogen (secondary N) is 1. The van der Waals surface area contributed by atoms with Crippen LogP contribution < -0.4 is 10.1 Å². The van der Waals surface area contributed by atoms with Crippen molar-refractivity contribution in [2.45, 2.75) is 18.9 Å². The molecule has 0 fully saturated rings. The Morgan fingerprint density at radius 3 is 3.00 bits per heavy atom. The molecule has 0 saturated carbocycles. The first-order valence-electron chi connectivity index (χ1n) is 7.45. The third-order valence-corrected chi connectivity index (χ3v) is 4.17. The Balaban J connectivity index is 1.90. The van der Waals surface area contributed by atoms with Crippen molar-refractivity contribution >= 4 is 23.5 Å². The minimum Gasteiger partial charge on any atom is -0.493 e. The zero-order chi connectivity index (χ0) is 17.3. The van der Waals surface area contributed by atoms with E-state index in [0.717, 1.165) is 12.0 Å². The molecule has 0 saturated heterocycles. The number of aromatic carboxylic acids is 1. The van der Waals surface area contributed by atoms with Crippen LogP contribution in [-0.4, -0.2) is 33.4 Å². The average Bonchev–Trinajstić information content (AvgIpc) is 2.82. The lowest BCUT2D eigenvalue weighted by atomic mass is 10.0. The van der Waals surface area contributed by atoms with Gasteiger partial charge in [-0.15, -0.1) is 0 Å². The van der Waals surface area contributed by atoms with Crippen LogP contribution in [0.3, 0.4) is 0 Å². The average molecular weight is 350 g/mol. The fraction of sp³-hybridized carbons (Fsp3) is 0.312. The predicted molar refractivity (Wildman–Crippen MR) is 86.6 cm³/mol. The van der Waals surface area contributed by atoms with Gasteiger partial charge in [-0.2, -0.15) is 5.10 Å². The fourth-order valence-electron chi connectivity index (χ4n) is 2.79. The van der Waals surface area contributed by atoms with Gasteiger partial charge in [0.1, 0.15) is 17.0 Å². The summed E-state index contributed by atoms with van der Waals surface area (Å²) in [6.07, 6.45) is 2.61. The molecule has 1 aliphatic heterocycles. The number of carbonyl (C=O) groups is 2. The Hall–Kier alpha value is -2.54. The quantitative estimate of drug-likeness (QED) is 0.887. The van der Waals surface area contributed by atoms with Crippen molar-refractivity contribution in [1.29, 1.82) is 0 Å². The first-order valence-corrected chi connectivity index (χ1v) is 7.83. The number of nitrogens with zero attached hydrogens (tertiary/aromatic N) is 2. The summed E-state index contributed by atoms with van der Waals surface area (Å²) in [4.78, 5) is 23.9. The topological polar surface area (TPSA) is 93.5 Å². The second-order valence-corrected chi connectivity index (χ2v) is 5.97. The third kappa shape index (κ3) is 3.07. The van der Waals surface area contributed by atoms with E-state index in [0.29, 0.717) is 23.8 Å². The first kappa shape index (κ1) is 16.3. The Kier molecular flexibility index (Phi) is 4.44. The molecule has 0 aliphatic carbocycles. The maximum atomic E-state index is 12.6. The highest BCUT2D eigenvalue weighted by Gasteiger charge is 2.26. The van der Waals surface area contributed by atoms with Gasteiger partial charge in [0, 0.05) is 17.6 Å². The molecule has 3 rings (SSSR count). The number of rotatable bonds is 3. The number of aromatic nitrogens is 2. The first-order chi connectivity index (χ1) is 11.5. The van der Waals surface area contributed by atoms with Crippen molar-refractivity contribution in [2.24, 2.45) is 7.05 Å². The lowest BCUT2D eigenvalue weighted by Gasteiger charge is -2.19. The largest absolute Gasteiger partial charge is 0.493 e. The molecule has 2 N–H and O–H groups in total. The second-order valence-electron chi connectivity index (χ2n) is 5.53. The summed E-state index contributed by atoms with van der Waals surface area (Å²) in [5, 5.41) is 16.5. The zero-order valence-electron chi connectivity index (χ0n) is 13.0. The van der Waals surface area contributed by atoms with Gasteiger partial charge in [0.25, 0.3) is 5.91 Å². The maximum absolute atomic E-state index is 12.6. The highest BCUT2D eigenvalue weighted by Crippen LogP contribution is 2.33. The number of ether oxygens (including phenoxy) is 1. The molecule has 126 valence electrons. The number of benzene rings is 1. The zero-order valence-corrected chi connectivity index (χ0v) is 13.7. The fourth-order valence-corrected chi connectivity index (χ4v) is 2.95. The highest BCUT2D eigenvalue weighted by atomic mass is 35.5. The van der Waals surface area contributed by atoms with Gasteiger partial charge in [-0.25, -0.2) is 4.79 Å². The molecule has 1 amide bonds. The van der Waals surface area contributed by atoms with E-state index in [-0.39, 0.29) is 17.3 Å². The van der Waals surface area contributed by atoms with E-state index in [1.54, 1.807) is 12.1 Å². The van der Waals surface area contributed by atoms with Crippen LogP contribution >= 0.6 is 11.6 Å². The van der Waals surface area contributed by atoms with Crippen LogP contribution in [0.15, 0.2) is 24.4 Å². The van der Waals surface area contributed by atoms with Crippen molar-refractivity contribution < 1.29 is 19.4 Å². The molecule has 0 radical (unpaired) electrons. The molecule has 1 unspecified atom stereocenters. The number of amides is 1. The summed E-state index contributed by atoms with van der Waals surface area (Å²) in [6, 6.07) is 4.98. The number of hydrogen-bond donors (Lipinski definition) is 2. The van der Waals surface area contributed by atoms with Crippen LogP contribution in [0.25, 0.3) is 0 Å². The molecule has 1 aromatic carbocycles. The van der Waals surface area contributed by atoms with Gasteiger partial charge >= 0.3 is 5.97 Å². The number of halogens is 1. The second kappa shape index (κ2) is 6.52. The molecule has 2 heterocycles. The SMILES string of the molecule is Cn1ncc(C(=O)O)c1C(=O)NC1CCCOc2cc(Cl)ccc21. The van der Waals surface area contributed by atoms with E-state index in [4.69, 9.17) is 16.3 Å². The van der Waals surface area contributed by atoms with E-state index in [1.165, 1.54) is 17.9 Å². The lowest BCUT2D eigenvalue weighted by Crippen LogP contribution is -2.31. The summed E-state index contributed by atoms with van der Waals surface area (Å²) in [7, 11) is 1.53. The molecule has 24 heavy (non-hydrogen) atoms. The number of carboxylic acids is 1. The molecular formula is C16H16ClN3O4. The lowest BCUT2D eigenvalue weighted by molar-refractivity contribution is 0.0690. The maximum Gasteiger partial charge on any atom is 0.339 e. The monoisotopic (exact) mass is 349 g/mol. The Bertz CT molecular complexity index is 803. The number of carboxylic acid groups (broad SMARTS) is 1. The molecule has 1 aliphatic rings. The van der Waals surface area contributed by atoms with Gasteiger partial charge in [-0.3, -0.25) is 9.48 Å². The van der Waals surface area contributed by atoms with Crippen LogP contribution in [0.4, 0.5) is 0 Å². The third-order valence-electron chi connectivity index (χ3n) is 3.94. The van der Waals surface area contributed by atoms with Crippen molar-refractivity contribution in [3.05, 3.63) is 46.2 Å². The summed E-state index contributed by atoms with van der Waals surface area (Å²) >= 11 is 6.00. The van der Waals surface area contributed by atoms with Crippen molar-refractivity contribution in [2.75, 3.05) is 6.61 Å². The van der Waals surface area contributed by atoms with Gasteiger partial charge in [-0.1, -0.05) is 17.7 Å². The normalized spacial score (nSPS) is 16.7. The summed E-state index contributed by atoms with van der Waals surface area (Å²) < 4.78 is 6.93. The molecule has 0 bridgehead atoms. The number of hydrogen-bond acceptors (Lipinski definition) is 4. The van der Waals surface area contributed by atoms with Gasteiger partial charge < -0.3 is 15.2 Å². The van der Waals surface area contributed by atoms with Gasteiger partial charge in [0.05, 0.1) is 18.8 Å². The van der Waals surface area contributed by atoms with Crippen LogP contribution in [-0.2, 0) is 7.05 Å². The summed E-state index contributed by atoms with van der Waals surface area (Å²) in [6.45, 7) is 0.534. The summed E-state index contributed by atoms with van der Waals surface area (Å²) in [5.41, 5.74) is 0.712. The highest BCUT2D eigenvalue weighted by molar-refractivity contribution is 6.30. The van der Waals surface area contributed by atoms with Gasteiger partial charge in [-0.05, 0) is 25.0 Å². The Labute approximate surface area is 143 Å². The number of carbonyl (C=O) groups excluding carboxylic acids is 1. The molecule has 0 spiro atoms. The number of fused-ring (bicyclic) bond motifs is 1. The molecule has 7 nitrogen and oxygen atoms in total. The van der Waals surface area contributed by atoms with Crippen LogP contribution in [0, 0.1) is 0 Å². The van der Waals surface area contributed by atoms with Crippen molar-refractivity contribution in [3.63, 3.8) is 0 Å². The van der Waals surface area contributed by atoms with Crippen molar-refractivity contribution in [3.8, 4) is 5.75 Å². The van der Waals surface area contributed by atoms with Crippen LogP contribution in [0.5, 0.6) is 5.75 Å². The van der Waals surface area contributed by atoms with Crippen LogP contribution in [0.2, 0.25) is 5.02 Å². The van der Waals surface area contributed by atoms with Crippen LogP contribution in [0.1, 0.15) is 45.3 Å². The van der Waals surface area contributed by atoms with E-state index in [2.05, 4.69) is 10.4 Å². The van der Waals surface area contributed by atoms with Crippen molar-refractivity contribution in [1.82, 2.24) is 15.1 Å². The van der Waals surface area contributed by atoms with E-state index in [9.17, 15) is 14.7 Å². The standard InChI is InChI=1S/C16H16ClN3O4/c1-20-14(11(8-18-20)16(22)23)15(21)19-12-3-2-6-24-13-7-9(17)4-5-10(12)13/h4-5,7-8,12H,2-3,6H2,1H3,(H,19,21)(H,22,23). The Morgan fingerprint density at radius 2 is 2.25 bits per heavy atom. The van der Waals surface area contributed by atoms with Gasteiger partial charge in [0.2, 0.25) is 0 Å². The number of aryl methyl sites for hydroxylation is 1. The predicted octanol–water partition coefficient (Wildman–Crippen LogP) is 2.42. The molecule has 1 aromatic heterocycles. The molecule has 2 aromatic rings. The summed E-state index contributed by atoms with van der Waals surface area (Å²) in [5.74, 6) is -1.04. The van der Waals surface area contributed by atoms with E-state index < -0.39 is 11.9 Å². The minimum absolute atomic E-state index is 0.0168. The molecule has 1 atom stereocenters. The minimum atomic E-state index is -1.19.